The Morgan fingerprint density at radius 1 is 0.719 bits per heavy atom. The Balaban J connectivity index is 1.80. The molecule has 0 radical (unpaired) electrons. The van der Waals surface area contributed by atoms with Crippen molar-refractivity contribution < 1.29 is 5.06 Å². The molecule has 172 valence electrons. The van der Waals surface area contributed by atoms with Gasteiger partial charge in [-0.25, -0.2) is 0 Å². The summed E-state index contributed by atoms with van der Waals surface area (Å²) in [7, 11) is 0. The minimum atomic E-state index is 0.276. The van der Waals surface area contributed by atoms with Crippen LogP contribution in [0.2, 0.25) is 0 Å². The molecule has 32 heavy (non-hydrogen) atoms. The zero-order chi connectivity index (χ0) is 23.1. The van der Waals surface area contributed by atoms with E-state index in [1.807, 2.05) is 0 Å². The molecule has 1 N–H and O–H groups in total. The third-order valence-corrected chi connectivity index (χ3v) is 6.66. The number of hydroxylamine groups is 2. The number of nitrogens with zero attached hydrogens (tertiary/aromatic N) is 2. The van der Waals surface area contributed by atoms with Gasteiger partial charge in [-0.15, -0.1) is 0 Å². The predicted molar refractivity (Wildman–Crippen MR) is 139 cm³/mol. The van der Waals surface area contributed by atoms with Gasteiger partial charge >= 0.3 is 0 Å². The van der Waals surface area contributed by atoms with Gasteiger partial charge in [-0.1, -0.05) is 31.2 Å². The summed E-state index contributed by atoms with van der Waals surface area (Å²) in [6.45, 7) is 16.1. The molecule has 0 atom stereocenters. The third-order valence-electron chi connectivity index (χ3n) is 6.66. The molecule has 0 aliphatic carbocycles. The Morgan fingerprint density at radius 3 is 1.38 bits per heavy atom. The predicted octanol–water partition coefficient (Wildman–Crippen LogP) is 4.88. The minimum Gasteiger partial charge on any atom is -0.634 e. The lowest BCUT2D eigenvalue weighted by Gasteiger charge is -2.34. The van der Waals surface area contributed by atoms with E-state index in [0.717, 1.165) is 26.2 Å². The van der Waals surface area contributed by atoms with Crippen molar-refractivity contribution in [2.24, 2.45) is 5.92 Å². The molecule has 0 amide bonds. The van der Waals surface area contributed by atoms with Crippen LogP contribution in [0.4, 0.5) is 11.4 Å². The van der Waals surface area contributed by atoms with E-state index in [2.05, 4.69) is 105 Å². The maximum absolute atomic E-state index is 12.6. The lowest BCUT2D eigenvalue weighted by Crippen LogP contribution is -3.08. The van der Waals surface area contributed by atoms with Gasteiger partial charge in [-0.3, -0.25) is 0 Å². The summed E-state index contributed by atoms with van der Waals surface area (Å²) in [6, 6.07) is 17.4. The molecule has 0 unspecified atom stereocenters. The average Bonchev–Trinajstić information content (AvgIpc) is 2.80. The van der Waals surface area contributed by atoms with Crippen LogP contribution in [0.1, 0.15) is 45.7 Å². The second-order valence-electron chi connectivity index (χ2n) is 8.58. The van der Waals surface area contributed by atoms with Gasteiger partial charge in [0.2, 0.25) is 0 Å². The van der Waals surface area contributed by atoms with Crippen molar-refractivity contribution in [1.29, 1.82) is 0 Å². The molecular formula is C28H39N3O. The Bertz CT molecular complexity index is 831. The van der Waals surface area contributed by atoms with Gasteiger partial charge in [0.25, 0.3) is 0 Å². The van der Waals surface area contributed by atoms with Gasteiger partial charge in [-0.05, 0) is 86.4 Å². The van der Waals surface area contributed by atoms with Crippen LogP contribution in [0.25, 0.3) is 12.2 Å². The molecule has 1 aliphatic heterocycles. The maximum atomic E-state index is 12.6. The highest BCUT2D eigenvalue weighted by Gasteiger charge is 2.24. The van der Waals surface area contributed by atoms with E-state index in [1.165, 1.54) is 33.6 Å². The van der Waals surface area contributed by atoms with Crippen molar-refractivity contribution in [2.45, 2.75) is 34.6 Å². The monoisotopic (exact) mass is 433 g/mol. The van der Waals surface area contributed by atoms with Crippen LogP contribution in [0.5, 0.6) is 0 Å². The third kappa shape index (κ3) is 5.81. The molecule has 0 saturated carbocycles. The Hall–Kier alpha value is -2.56. The highest BCUT2D eigenvalue weighted by atomic mass is 16.5. The Morgan fingerprint density at radius 2 is 1.06 bits per heavy atom. The van der Waals surface area contributed by atoms with Crippen molar-refractivity contribution in [3.63, 3.8) is 0 Å². The standard InChI is InChI=1S/C28H39N3O/c1-6-29(7-2)27-14-10-23(11-15-27)18-25-20-31(32)21-26(22(25)5)19-24-12-16-28(17-13-24)30(8-3)9-4/h10-19,22,31H,6-9,20-21H2,1-5H3. The topological polar surface area (TPSA) is 34.0 Å². The second-order valence-corrected chi connectivity index (χ2v) is 8.58. The van der Waals surface area contributed by atoms with Crippen LogP contribution in [-0.2, 0) is 0 Å². The first kappa shape index (κ1) is 24.1. The number of nitrogens with one attached hydrogen (secondary N) is 1. The van der Waals surface area contributed by atoms with E-state index >= 15 is 0 Å². The lowest BCUT2D eigenvalue weighted by atomic mass is 9.86. The summed E-state index contributed by atoms with van der Waals surface area (Å²) in [5.74, 6) is 0.276. The van der Waals surface area contributed by atoms with Crippen LogP contribution in [0.3, 0.4) is 0 Å². The normalized spacial score (nSPS) is 21.2. The smallest absolute Gasteiger partial charge is 0.0996 e. The van der Waals surface area contributed by atoms with Crippen LogP contribution >= 0.6 is 0 Å². The molecule has 2 aromatic carbocycles. The minimum absolute atomic E-state index is 0.276. The fraction of sp³-hybridized carbons (Fsp3) is 0.429. The van der Waals surface area contributed by atoms with Crippen molar-refractivity contribution in [1.82, 2.24) is 0 Å². The first-order valence-electron chi connectivity index (χ1n) is 12.1. The fourth-order valence-electron chi connectivity index (χ4n) is 4.58. The summed E-state index contributed by atoms with van der Waals surface area (Å²) in [5, 5.41) is 12.9. The maximum Gasteiger partial charge on any atom is 0.0996 e. The molecule has 1 heterocycles. The van der Waals surface area contributed by atoms with E-state index in [4.69, 9.17) is 0 Å². The number of hydrogen-bond donors (Lipinski definition) is 1. The van der Waals surface area contributed by atoms with Crippen LogP contribution in [0.15, 0.2) is 59.7 Å². The van der Waals surface area contributed by atoms with E-state index in [-0.39, 0.29) is 5.92 Å². The zero-order valence-electron chi connectivity index (χ0n) is 20.4. The van der Waals surface area contributed by atoms with Gasteiger partial charge in [0, 0.05) is 43.5 Å². The average molecular weight is 434 g/mol. The van der Waals surface area contributed by atoms with Crippen LogP contribution in [-0.4, -0.2) is 39.3 Å². The number of anilines is 2. The summed E-state index contributed by atoms with van der Waals surface area (Å²) in [4.78, 5) is 4.69. The summed E-state index contributed by atoms with van der Waals surface area (Å²) in [5.41, 5.74) is 7.25. The van der Waals surface area contributed by atoms with E-state index in [0.29, 0.717) is 18.2 Å². The number of benzene rings is 2. The molecule has 1 saturated heterocycles. The summed E-state index contributed by atoms with van der Waals surface area (Å²) >= 11 is 0. The van der Waals surface area contributed by atoms with E-state index in [1.54, 1.807) is 0 Å². The number of rotatable bonds is 8. The molecule has 0 spiro atoms. The Labute approximate surface area is 194 Å². The number of piperidine rings is 1. The molecule has 4 heteroatoms. The molecule has 1 aliphatic rings. The molecular weight excluding hydrogens is 394 g/mol. The zero-order valence-corrected chi connectivity index (χ0v) is 20.4. The second kappa shape index (κ2) is 11.3. The molecule has 0 aromatic heterocycles. The summed E-state index contributed by atoms with van der Waals surface area (Å²) in [6.07, 6.45) is 4.43. The van der Waals surface area contributed by atoms with Crippen molar-refractivity contribution in [3.8, 4) is 0 Å². The van der Waals surface area contributed by atoms with Crippen LogP contribution in [0, 0.1) is 11.1 Å². The first-order valence-corrected chi connectivity index (χ1v) is 12.1. The van der Waals surface area contributed by atoms with Crippen molar-refractivity contribution in [2.75, 3.05) is 49.1 Å². The molecule has 3 rings (SSSR count). The molecule has 2 aromatic rings. The molecule has 4 nitrogen and oxygen atoms in total. The van der Waals surface area contributed by atoms with Gasteiger partial charge < -0.3 is 20.1 Å². The fourth-order valence-corrected chi connectivity index (χ4v) is 4.58. The quantitative estimate of drug-likeness (QED) is 0.603. The Kier molecular flexibility index (Phi) is 8.54. The van der Waals surface area contributed by atoms with Gasteiger partial charge in [-0.2, -0.15) is 0 Å². The summed E-state index contributed by atoms with van der Waals surface area (Å²) < 4.78 is 0. The molecule has 0 bridgehead atoms. The number of hydrogen-bond acceptors (Lipinski definition) is 3. The van der Waals surface area contributed by atoms with Crippen LogP contribution < -0.4 is 14.9 Å². The largest absolute Gasteiger partial charge is 0.634 e. The SMILES string of the molecule is CCN(CC)c1ccc(C=C2C[NH+]([O-])CC(=Cc3ccc(N(CC)CC)cc3)C2C)cc1. The van der Waals surface area contributed by atoms with E-state index < -0.39 is 0 Å². The lowest BCUT2D eigenvalue weighted by molar-refractivity contribution is -0.841. The van der Waals surface area contributed by atoms with Gasteiger partial charge in [0.05, 0.1) is 13.1 Å². The van der Waals surface area contributed by atoms with Crippen molar-refractivity contribution in [3.05, 3.63) is 76.0 Å². The van der Waals surface area contributed by atoms with E-state index in [9.17, 15) is 5.21 Å². The highest BCUT2D eigenvalue weighted by molar-refractivity contribution is 5.63. The highest BCUT2D eigenvalue weighted by Crippen LogP contribution is 2.27. The molecule has 1 fully saturated rings. The van der Waals surface area contributed by atoms with Gasteiger partial charge in [0.1, 0.15) is 0 Å². The number of quaternary nitrogens is 1. The van der Waals surface area contributed by atoms with Gasteiger partial charge in [0.15, 0.2) is 0 Å². The first-order chi connectivity index (χ1) is 15.5. The van der Waals surface area contributed by atoms with Crippen molar-refractivity contribution >= 4 is 23.5 Å².